The van der Waals surface area contributed by atoms with Crippen LogP contribution in [0.5, 0.6) is 0 Å². The molecule has 11 nitrogen and oxygen atoms in total. The van der Waals surface area contributed by atoms with Crippen LogP contribution in [0.1, 0.15) is 36.2 Å². The Morgan fingerprint density at radius 3 is 2.49 bits per heavy atom. The maximum atomic E-state index is 12.6. The Morgan fingerprint density at radius 1 is 1.11 bits per heavy atom. The van der Waals surface area contributed by atoms with Crippen LogP contribution in [0.3, 0.4) is 0 Å². The molecule has 0 saturated carbocycles. The first kappa shape index (κ1) is 27.0. The zero-order chi connectivity index (χ0) is 26.0. The number of ether oxygens (including phenoxy) is 1. The normalized spacial score (nSPS) is 11.2. The molecule has 2 N–H and O–H groups in total. The average molecular weight is 485 g/mol. The summed E-state index contributed by atoms with van der Waals surface area (Å²) in [6, 6.07) is 11.2. The molecule has 35 heavy (non-hydrogen) atoms. The van der Waals surface area contributed by atoms with E-state index in [2.05, 4.69) is 10.6 Å². The van der Waals surface area contributed by atoms with Gasteiger partial charge in [0, 0.05) is 29.9 Å². The SMILES string of the molecule is CCCN(CC(=O)Nc1ccccc1C)C(=O)COC(=O)C(C)NC(=O)c1cccc([N+](=O)[O-])c1. The third-order valence-corrected chi connectivity index (χ3v) is 4.96. The number of nitro groups is 1. The molecule has 1 unspecified atom stereocenters. The minimum Gasteiger partial charge on any atom is -0.454 e. The van der Waals surface area contributed by atoms with E-state index in [0.717, 1.165) is 11.6 Å². The Balaban J connectivity index is 1.89. The van der Waals surface area contributed by atoms with E-state index in [9.17, 15) is 29.3 Å². The highest BCUT2D eigenvalue weighted by Gasteiger charge is 2.23. The van der Waals surface area contributed by atoms with Crippen molar-refractivity contribution in [3.05, 3.63) is 69.8 Å². The summed E-state index contributed by atoms with van der Waals surface area (Å²) in [4.78, 5) is 61.1. The van der Waals surface area contributed by atoms with Crippen molar-refractivity contribution >= 4 is 35.1 Å². The van der Waals surface area contributed by atoms with Crippen molar-refractivity contribution in [1.82, 2.24) is 10.2 Å². The molecule has 0 saturated heterocycles. The number of carbonyl (C=O) groups is 4. The second-order valence-electron chi connectivity index (χ2n) is 7.79. The molecule has 2 aromatic rings. The maximum Gasteiger partial charge on any atom is 0.328 e. The highest BCUT2D eigenvalue weighted by molar-refractivity contribution is 5.98. The van der Waals surface area contributed by atoms with Crippen LogP contribution in [0, 0.1) is 17.0 Å². The third-order valence-electron chi connectivity index (χ3n) is 4.96. The van der Waals surface area contributed by atoms with Gasteiger partial charge in [0.05, 0.1) is 11.5 Å². The van der Waals surface area contributed by atoms with Crippen molar-refractivity contribution in [2.45, 2.75) is 33.2 Å². The van der Waals surface area contributed by atoms with E-state index in [1.165, 1.54) is 30.0 Å². The zero-order valence-electron chi connectivity index (χ0n) is 19.8. The smallest absolute Gasteiger partial charge is 0.328 e. The van der Waals surface area contributed by atoms with Gasteiger partial charge < -0.3 is 20.3 Å². The summed E-state index contributed by atoms with van der Waals surface area (Å²) >= 11 is 0. The number of nitro benzene ring substituents is 1. The van der Waals surface area contributed by atoms with Gasteiger partial charge in [0.2, 0.25) is 5.91 Å². The Kier molecular flexibility index (Phi) is 9.88. The van der Waals surface area contributed by atoms with Crippen LogP contribution < -0.4 is 10.6 Å². The second-order valence-corrected chi connectivity index (χ2v) is 7.79. The number of para-hydroxylation sites is 1. The molecule has 2 rings (SSSR count). The topological polar surface area (TPSA) is 148 Å². The van der Waals surface area contributed by atoms with E-state index < -0.39 is 35.4 Å². The summed E-state index contributed by atoms with van der Waals surface area (Å²) < 4.78 is 5.03. The largest absolute Gasteiger partial charge is 0.454 e. The number of hydrogen-bond donors (Lipinski definition) is 2. The van der Waals surface area contributed by atoms with E-state index in [1.54, 1.807) is 12.1 Å². The molecule has 11 heteroatoms. The maximum absolute atomic E-state index is 12.6. The van der Waals surface area contributed by atoms with Crippen LogP contribution in [-0.4, -0.2) is 59.3 Å². The van der Waals surface area contributed by atoms with E-state index >= 15 is 0 Å². The fourth-order valence-corrected chi connectivity index (χ4v) is 3.09. The van der Waals surface area contributed by atoms with Gasteiger partial charge in [0.15, 0.2) is 6.61 Å². The molecule has 0 heterocycles. The Bertz CT molecular complexity index is 1100. The molecule has 0 radical (unpaired) electrons. The predicted molar refractivity (Wildman–Crippen MR) is 128 cm³/mol. The number of benzene rings is 2. The van der Waals surface area contributed by atoms with Crippen LogP contribution >= 0.6 is 0 Å². The summed E-state index contributed by atoms with van der Waals surface area (Å²) in [5.41, 5.74) is 1.26. The summed E-state index contributed by atoms with van der Waals surface area (Å²) in [6.07, 6.45) is 0.590. The number of anilines is 1. The molecule has 1 atom stereocenters. The van der Waals surface area contributed by atoms with Crippen LogP contribution in [0.25, 0.3) is 0 Å². The lowest BCUT2D eigenvalue weighted by molar-refractivity contribution is -0.384. The molecule has 0 aliphatic heterocycles. The lowest BCUT2D eigenvalue weighted by Gasteiger charge is -2.22. The summed E-state index contributed by atoms with van der Waals surface area (Å²) in [7, 11) is 0. The Labute approximate surface area is 202 Å². The average Bonchev–Trinajstić information content (AvgIpc) is 2.83. The van der Waals surface area contributed by atoms with Gasteiger partial charge >= 0.3 is 5.97 Å². The lowest BCUT2D eigenvalue weighted by atomic mass is 10.2. The number of amides is 3. The van der Waals surface area contributed by atoms with Gasteiger partial charge in [-0.2, -0.15) is 0 Å². The van der Waals surface area contributed by atoms with Gasteiger partial charge in [-0.15, -0.1) is 0 Å². The lowest BCUT2D eigenvalue weighted by Crippen LogP contribution is -2.43. The van der Waals surface area contributed by atoms with Gasteiger partial charge in [0.1, 0.15) is 6.04 Å². The molecule has 186 valence electrons. The number of esters is 1. The quantitative estimate of drug-likeness (QED) is 0.283. The number of nitrogens with zero attached hydrogens (tertiary/aromatic N) is 2. The molecular formula is C24H28N4O7. The number of rotatable bonds is 11. The molecule has 0 bridgehead atoms. The fraction of sp³-hybridized carbons (Fsp3) is 0.333. The number of hydrogen-bond acceptors (Lipinski definition) is 7. The van der Waals surface area contributed by atoms with E-state index in [1.807, 2.05) is 26.0 Å². The number of aryl methyl sites for hydroxylation is 1. The van der Waals surface area contributed by atoms with Crippen molar-refractivity contribution in [1.29, 1.82) is 0 Å². The fourth-order valence-electron chi connectivity index (χ4n) is 3.09. The molecule has 0 fully saturated rings. The first-order chi connectivity index (χ1) is 16.6. The van der Waals surface area contributed by atoms with Gasteiger partial charge in [0.25, 0.3) is 17.5 Å². The highest BCUT2D eigenvalue weighted by Crippen LogP contribution is 2.14. The molecule has 3 amide bonds. The van der Waals surface area contributed by atoms with Gasteiger partial charge in [-0.05, 0) is 38.0 Å². The number of nitrogens with one attached hydrogen (secondary N) is 2. The molecular weight excluding hydrogens is 456 g/mol. The summed E-state index contributed by atoms with van der Waals surface area (Å²) in [6.45, 7) is 4.53. The zero-order valence-corrected chi connectivity index (χ0v) is 19.8. The van der Waals surface area contributed by atoms with Gasteiger partial charge in [-0.3, -0.25) is 24.5 Å². The standard InChI is InChI=1S/C24H28N4O7/c1-4-12-27(14-21(29)26-20-11-6-5-8-16(20)2)22(30)15-35-24(32)17(3)25-23(31)18-9-7-10-19(13-18)28(33)34/h5-11,13,17H,4,12,14-15H2,1-3H3,(H,25,31)(H,26,29). The monoisotopic (exact) mass is 484 g/mol. The van der Waals surface area contributed by atoms with Crippen molar-refractivity contribution in [3.63, 3.8) is 0 Å². The predicted octanol–water partition coefficient (Wildman–Crippen LogP) is 2.44. The minimum atomic E-state index is -1.11. The van der Waals surface area contributed by atoms with Crippen LogP contribution in [0.4, 0.5) is 11.4 Å². The third kappa shape index (κ3) is 8.22. The van der Waals surface area contributed by atoms with Crippen molar-refractivity contribution in [2.24, 2.45) is 0 Å². The minimum absolute atomic E-state index is 0.00344. The molecule has 0 spiro atoms. The summed E-state index contributed by atoms with van der Waals surface area (Å²) in [5.74, 6) is -2.51. The van der Waals surface area contributed by atoms with Crippen molar-refractivity contribution in [2.75, 3.05) is 25.0 Å². The molecule has 0 aliphatic carbocycles. The summed E-state index contributed by atoms with van der Waals surface area (Å²) in [5, 5.41) is 16.0. The van der Waals surface area contributed by atoms with Gasteiger partial charge in [-0.1, -0.05) is 31.2 Å². The van der Waals surface area contributed by atoms with E-state index in [0.29, 0.717) is 12.1 Å². The first-order valence-corrected chi connectivity index (χ1v) is 11.0. The van der Waals surface area contributed by atoms with Crippen molar-refractivity contribution in [3.8, 4) is 0 Å². The van der Waals surface area contributed by atoms with E-state index in [-0.39, 0.29) is 30.2 Å². The van der Waals surface area contributed by atoms with Crippen LogP contribution in [0.2, 0.25) is 0 Å². The Morgan fingerprint density at radius 2 is 1.83 bits per heavy atom. The van der Waals surface area contributed by atoms with E-state index in [4.69, 9.17) is 4.74 Å². The van der Waals surface area contributed by atoms with Gasteiger partial charge in [-0.25, -0.2) is 4.79 Å². The molecule has 2 aromatic carbocycles. The molecule has 0 aliphatic rings. The second kappa shape index (κ2) is 12.8. The van der Waals surface area contributed by atoms with Crippen molar-refractivity contribution < 1.29 is 28.8 Å². The highest BCUT2D eigenvalue weighted by atomic mass is 16.6. The first-order valence-electron chi connectivity index (χ1n) is 11.0. The Hall–Kier alpha value is -4.28. The number of non-ortho nitro benzene ring substituents is 1. The van der Waals surface area contributed by atoms with Crippen LogP contribution in [0.15, 0.2) is 48.5 Å². The van der Waals surface area contributed by atoms with Crippen LogP contribution in [-0.2, 0) is 19.1 Å². The molecule has 0 aromatic heterocycles. The number of carbonyl (C=O) groups excluding carboxylic acids is 4.